The highest BCUT2D eigenvalue weighted by atomic mass is 127. The molecule has 0 bridgehead atoms. The number of hydrogen-bond acceptors (Lipinski definition) is 4. The molecule has 2 aromatic rings. The third-order valence-electron chi connectivity index (χ3n) is 2.91. The lowest BCUT2D eigenvalue weighted by atomic mass is 10.1. The van der Waals surface area contributed by atoms with Gasteiger partial charge in [-0.15, -0.1) is 24.0 Å². The van der Waals surface area contributed by atoms with Crippen LogP contribution in [0.3, 0.4) is 0 Å². The van der Waals surface area contributed by atoms with E-state index < -0.39 is 0 Å². The van der Waals surface area contributed by atoms with E-state index >= 15 is 0 Å². The summed E-state index contributed by atoms with van der Waals surface area (Å²) in [5.41, 5.74) is 7.15. The standard InChI is InChI=1S/C14H19N5S.HI/c1-19(2)12(11-6-8-20-10-11)9-17-14(15)18-13-5-3-4-7-16-13;/h3-8,10,12H,9H2,1-2H3,(H3,15,16,17,18);1H. The molecule has 5 nitrogen and oxygen atoms in total. The zero-order chi connectivity index (χ0) is 14.4. The van der Waals surface area contributed by atoms with E-state index in [0.29, 0.717) is 18.3 Å². The Morgan fingerprint density at radius 2 is 2.24 bits per heavy atom. The summed E-state index contributed by atoms with van der Waals surface area (Å²) in [5, 5.41) is 7.20. The Hall–Kier alpha value is -1.19. The molecule has 0 aliphatic heterocycles. The fourth-order valence-corrected chi connectivity index (χ4v) is 2.53. The van der Waals surface area contributed by atoms with Gasteiger partial charge in [-0.1, -0.05) is 6.07 Å². The molecule has 1 atom stereocenters. The van der Waals surface area contributed by atoms with Gasteiger partial charge in [-0.2, -0.15) is 11.3 Å². The molecule has 1 unspecified atom stereocenters. The fourth-order valence-electron chi connectivity index (χ4n) is 1.82. The number of aromatic nitrogens is 1. The molecule has 0 aromatic carbocycles. The molecule has 7 heteroatoms. The van der Waals surface area contributed by atoms with Crippen LogP contribution in [0.25, 0.3) is 0 Å². The maximum atomic E-state index is 5.89. The predicted molar refractivity (Wildman–Crippen MR) is 101 cm³/mol. The molecule has 21 heavy (non-hydrogen) atoms. The van der Waals surface area contributed by atoms with Crippen LogP contribution in [-0.2, 0) is 0 Å². The molecule has 2 rings (SSSR count). The monoisotopic (exact) mass is 417 g/mol. The number of pyridine rings is 1. The molecule has 0 saturated heterocycles. The van der Waals surface area contributed by atoms with E-state index in [1.54, 1.807) is 17.5 Å². The Morgan fingerprint density at radius 1 is 1.43 bits per heavy atom. The Morgan fingerprint density at radius 3 is 2.81 bits per heavy atom. The molecule has 0 fully saturated rings. The van der Waals surface area contributed by atoms with Gasteiger partial charge in [-0.05, 0) is 48.6 Å². The highest BCUT2D eigenvalue weighted by Crippen LogP contribution is 2.21. The van der Waals surface area contributed by atoms with Crippen molar-refractivity contribution in [2.45, 2.75) is 6.04 Å². The molecular weight excluding hydrogens is 397 g/mol. The number of guanidine groups is 1. The summed E-state index contributed by atoms with van der Waals surface area (Å²) in [7, 11) is 4.08. The molecule has 3 N–H and O–H groups in total. The second kappa shape index (κ2) is 8.96. The van der Waals surface area contributed by atoms with Gasteiger partial charge in [0.05, 0.1) is 12.6 Å². The van der Waals surface area contributed by atoms with E-state index in [1.165, 1.54) is 5.56 Å². The minimum absolute atomic E-state index is 0. The highest BCUT2D eigenvalue weighted by molar-refractivity contribution is 14.0. The van der Waals surface area contributed by atoms with Crippen LogP contribution in [0.4, 0.5) is 5.82 Å². The highest BCUT2D eigenvalue weighted by Gasteiger charge is 2.13. The van der Waals surface area contributed by atoms with E-state index in [0.717, 1.165) is 0 Å². The third kappa shape index (κ3) is 5.60. The molecule has 0 aliphatic rings. The van der Waals surface area contributed by atoms with Crippen molar-refractivity contribution in [3.63, 3.8) is 0 Å². The first-order valence-electron chi connectivity index (χ1n) is 6.33. The van der Waals surface area contributed by atoms with Crippen LogP contribution in [-0.4, -0.2) is 36.5 Å². The first-order chi connectivity index (χ1) is 9.66. The number of nitrogens with one attached hydrogen (secondary N) is 1. The number of nitrogens with zero attached hydrogens (tertiary/aromatic N) is 3. The van der Waals surface area contributed by atoms with Crippen molar-refractivity contribution in [1.82, 2.24) is 9.88 Å². The summed E-state index contributed by atoms with van der Waals surface area (Å²) in [4.78, 5) is 10.7. The molecule has 0 amide bonds. The van der Waals surface area contributed by atoms with Crippen molar-refractivity contribution < 1.29 is 0 Å². The Kier molecular flexibility index (Phi) is 7.62. The summed E-state index contributed by atoms with van der Waals surface area (Å²) < 4.78 is 0. The van der Waals surface area contributed by atoms with Crippen LogP contribution in [0.1, 0.15) is 11.6 Å². The summed E-state index contributed by atoms with van der Waals surface area (Å²) >= 11 is 1.69. The maximum Gasteiger partial charge on any atom is 0.194 e. The fraction of sp³-hybridized carbons (Fsp3) is 0.286. The van der Waals surface area contributed by atoms with Gasteiger partial charge in [0.15, 0.2) is 5.96 Å². The SMILES string of the molecule is CN(C)C(CN=C(N)Nc1ccccn1)c1ccsc1.I. The summed E-state index contributed by atoms with van der Waals surface area (Å²) in [6.07, 6.45) is 1.71. The van der Waals surface area contributed by atoms with Crippen LogP contribution < -0.4 is 11.1 Å². The van der Waals surface area contributed by atoms with Crippen LogP contribution in [0.2, 0.25) is 0 Å². The minimum Gasteiger partial charge on any atom is -0.370 e. The van der Waals surface area contributed by atoms with Gasteiger partial charge in [0.25, 0.3) is 0 Å². The average molecular weight is 417 g/mol. The van der Waals surface area contributed by atoms with E-state index in [2.05, 4.69) is 37.0 Å². The van der Waals surface area contributed by atoms with Gasteiger partial charge >= 0.3 is 0 Å². The van der Waals surface area contributed by atoms with Gasteiger partial charge in [0, 0.05) is 6.20 Å². The second-order valence-corrected chi connectivity index (χ2v) is 5.38. The summed E-state index contributed by atoms with van der Waals surface area (Å²) in [6, 6.07) is 7.95. The Balaban J connectivity index is 0.00000220. The van der Waals surface area contributed by atoms with E-state index in [-0.39, 0.29) is 30.0 Å². The lowest BCUT2D eigenvalue weighted by Crippen LogP contribution is -2.27. The zero-order valence-corrected chi connectivity index (χ0v) is 15.2. The van der Waals surface area contributed by atoms with Gasteiger partial charge in [0.1, 0.15) is 5.82 Å². The van der Waals surface area contributed by atoms with Crippen molar-refractivity contribution in [2.75, 3.05) is 26.0 Å². The molecule has 0 spiro atoms. The first kappa shape index (κ1) is 17.9. The molecule has 2 aromatic heterocycles. The van der Waals surface area contributed by atoms with Crippen LogP contribution >= 0.6 is 35.3 Å². The molecule has 0 radical (unpaired) electrons. The molecule has 0 saturated carbocycles. The molecular formula is C14H20IN5S. The van der Waals surface area contributed by atoms with Crippen LogP contribution in [0, 0.1) is 0 Å². The predicted octanol–water partition coefficient (Wildman–Crippen LogP) is 2.79. The number of rotatable bonds is 5. The van der Waals surface area contributed by atoms with Gasteiger partial charge in [-0.3, -0.25) is 4.99 Å². The van der Waals surface area contributed by atoms with E-state index in [9.17, 15) is 0 Å². The molecule has 114 valence electrons. The molecule has 2 heterocycles. The number of aliphatic imine (C=N–C) groups is 1. The molecule has 0 aliphatic carbocycles. The third-order valence-corrected chi connectivity index (χ3v) is 3.61. The topological polar surface area (TPSA) is 66.5 Å². The van der Waals surface area contributed by atoms with Crippen molar-refractivity contribution in [2.24, 2.45) is 10.7 Å². The van der Waals surface area contributed by atoms with Gasteiger partial charge in [-0.25, -0.2) is 4.98 Å². The zero-order valence-electron chi connectivity index (χ0n) is 12.1. The summed E-state index contributed by atoms with van der Waals surface area (Å²) in [6.45, 7) is 0.607. The average Bonchev–Trinajstić information content (AvgIpc) is 2.93. The number of halogens is 1. The Labute approximate surface area is 146 Å². The van der Waals surface area contributed by atoms with Crippen molar-refractivity contribution in [3.8, 4) is 0 Å². The lowest BCUT2D eigenvalue weighted by molar-refractivity contribution is 0.307. The Bertz CT molecular complexity index is 542. The van der Waals surface area contributed by atoms with Gasteiger partial charge < -0.3 is 16.0 Å². The second-order valence-electron chi connectivity index (χ2n) is 4.60. The largest absolute Gasteiger partial charge is 0.370 e. The summed E-state index contributed by atoms with van der Waals surface area (Å²) in [5.74, 6) is 1.08. The van der Waals surface area contributed by atoms with Gasteiger partial charge in [0.2, 0.25) is 0 Å². The van der Waals surface area contributed by atoms with Crippen molar-refractivity contribution >= 4 is 47.1 Å². The maximum absolute atomic E-state index is 5.89. The van der Waals surface area contributed by atoms with Crippen molar-refractivity contribution in [1.29, 1.82) is 0 Å². The minimum atomic E-state index is 0. The quantitative estimate of drug-likeness (QED) is 0.446. The van der Waals surface area contributed by atoms with Crippen LogP contribution in [0.5, 0.6) is 0 Å². The van der Waals surface area contributed by atoms with E-state index in [4.69, 9.17) is 5.73 Å². The number of anilines is 1. The lowest BCUT2D eigenvalue weighted by Gasteiger charge is -2.21. The van der Waals surface area contributed by atoms with Crippen LogP contribution in [0.15, 0.2) is 46.2 Å². The van der Waals surface area contributed by atoms with E-state index in [1.807, 2.05) is 32.3 Å². The first-order valence-corrected chi connectivity index (χ1v) is 7.27. The number of thiophene rings is 1. The number of hydrogen-bond donors (Lipinski definition) is 2. The smallest absolute Gasteiger partial charge is 0.194 e. The normalized spacial score (nSPS) is 12.8. The number of nitrogens with two attached hydrogens (primary N) is 1. The van der Waals surface area contributed by atoms with Crippen molar-refractivity contribution in [3.05, 3.63) is 46.8 Å². The number of likely N-dealkylation sites (N-methyl/N-ethyl adjacent to an activating group) is 1.